The van der Waals surface area contributed by atoms with Crippen LogP contribution in [0.1, 0.15) is 35.4 Å². The molecule has 1 atom stereocenters. The number of carbonyl (C=O) groups is 1. The molecule has 5 rings (SSSR count). The number of imidazole rings is 1. The summed E-state index contributed by atoms with van der Waals surface area (Å²) in [7, 11) is -3.24. The van der Waals surface area contributed by atoms with Crippen LogP contribution in [0.4, 0.5) is 0 Å². The second kappa shape index (κ2) is 9.95. The summed E-state index contributed by atoms with van der Waals surface area (Å²) in [5, 5.41) is 0. The largest absolute Gasteiger partial charge is 0.347 e. The zero-order chi connectivity index (χ0) is 24.4. The first kappa shape index (κ1) is 23.8. The number of sulfone groups is 1. The van der Waals surface area contributed by atoms with E-state index in [1.54, 1.807) is 18.5 Å². The third-order valence-corrected chi connectivity index (χ3v) is 8.44. The number of piperidine rings is 1. The number of amides is 1. The molecule has 3 aromatic rings. The first-order valence-corrected chi connectivity index (χ1v) is 14.1. The normalized spacial score (nSPS) is 19.5. The van der Waals surface area contributed by atoms with Crippen LogP contribution in [0.2, 0.25) is 0 Å². The van der Waals surface area contributed by atoms with Gasteiger partial charge in [-0.15, -0.1) is 0 Å². The fraction of sp³-hybridized carbons (Fsp3) is 0.407. The highest BCUT2D eigenvalue weighted by molar-refractivity contribution is 7.90. The predicted molar refractivity (Wildman–Crippen MR) is 134 cm³/mol. The molecule has 0 unspecified atom stereocenters. The lowest BCUT2D eigenvalue weighted by molar-refractivity contribution is -0.139. The first-order chi connectivity index (χ1) is 16.9. The molecule has 184 valence electrons. The summed E-state index contributed by atoms with van der Waals surface area (Å²) < 4.78 is 23.6. The van der Waals surface area contributed by atoms with E-state index in [0.717, 1.165) is 49.3 Å². The molecule has 1 fully saturated rings. The summed E-state index contributed by atoms with van der Waals surface area (Å²) in [6, 6.07) is 17.3. The maximum atomic E-state index is 13.7. The van der Waals surface area contributed by atoms with Gasteiger partial charge < -0.3 is 9.88 Å². The van der Waals surface area contributed by atoms with Crippen LogP contribution in [0.15, 0.2) is 65.8 Å². The van der Waals surface area contributed by atoms with Gasteiger partial charge in [-0.2, -0.15) is 0 Å². The van der Waals surface area contributed by atoms with Crippen LogP contribution in [-0.4, -0.2) is 59.5 Å². The number of hydrogen-bond acceptors (Lipinski definition) is 5. The molecule has 1 amide bonds. The molecule has 0 radical (unpaired) electrons. The van der Waals surface area contributed by atoms with E-state index in [0.29, 0.717) is 30.3 Å². The van der Waals surface area contributed by atoms with Crippen molar-refractivity contribution in [3.63, 3.8) is 0 Å². The Morgan fingerprint density at radius 2 is 1.74 bits per heavy atom. The Kier molecular flexibility index (Phi) is 6.75. The summed E-state index contributed by atoms with van der Waals surface area (Å²) in [5.74, 6) is 0.778. The molecule has 0 bridgehead atoms. The van der Waals surface area contributed by atoms with Gasteiger partial charge in [-0.3, -0.25) is 9.69 Å². The first-order valence-electron chi connectivity index (χ1n) is 12.2. The molecule has 2 aromatic carbocycles. The molecule has 1 N–H and O–H groups in total. The molecule has 2 aliphatic rings. The molecule has 0 saturated carbocycles. The van der Waals surface area contributed by atoms with Crippen molar-refractivity contribution in [1.82, 2.24) is 19.8 Å². The van der Waals surface area contributed by atoms with E-state index in [4.69, 9.17) is 0 Å². The van der Waals surface area contributed by atoms with Gasteiger partial charge in [0.05, 0.1) is 28.7 Å². The van der Waals surface area contributed by atoms with Gasteiger partial charge in [0.2, 0.25) is 5.91 Å². The van der Waals surface area contributed by atoms with Crippen LogP contribution in [0.3, 0.4) is 0 Å². The lowest BCUT2D eigenvalue weighted by Gasteiger charge is -2.39. The number of aromatic amines is 1. The van der Waals surface area contributed by atoms with Crippen molar-refractivity contribution in [1.29, 1.82) is 0 Å². The molecule has 1 saturated heterocycles. The average Bonchev–Trinajstić information content (AvgIpc) is 3.31. The highest BCUT2D eigenvalue weighted by Gasteiger charge is 2.36. The van der Waals surface area contributed by atoms with Crippen LogP contribution in [0.25, 0.3) is 0 Å². The number of benzene rings is 2. The summed E-state index contributed by atoms with van der Waals surface area (Å²) in [6.45, 7) is 2.77. The SMILES string of the molecule is CS(=O)(=O)c1ccc(CN2Cc3[nH]cnc3C[C@H]2C(=O)N2CCC(Cc3ccccc3)CC2)cc1. The second-order valence-corrected chi connectivity index (χ2v) is 11.8. The van der Waals surface area contributed by atoms with Gasteiger partial charge in [0.15, 0.2) is 9.84 Å². The molecule has 7 nitrogen and oxygen atoms in total. The Morgan fingerprint density at radius 3 is 2.43 bits per heavy atom. The van der Waals surface area contributed by atoms with Gasteiger partial charge in [0.25, 0.3) is 0 Å². The molecule has 35 heavy (non-hydrogen) atoms. The lowest BCUT2D eigenvalue weighted by Crippen LogP contribution is -2.53. The summed E-state index contributed by atoms with van der Waals surface area (Å²) in [6.07, 6.45) is 6.61. The predicted octanol–water partition coefficient (Wildman–Crippen LogP) is 3.22. The van der Waals surface area contributed by atoms with Crippen molar-refractivity contribution in [2.75, 3.05) is 19.3 Å². The molecular formula is C27H32N4O3S. The Hall–Kier alpha value is -2.97. The summed E-state index contributed by atoms with van der Waals surface area (Å²) in [5.41, 5.74) is 4.36. The number of rotatable bonds is 6. The zero-order valence-corrected chi connectivity index (χ0v) is 20.9. The Morgan fingerprint density at radius 1 is 1.03 bits per heavy atom. The summed E-state index contributed by atoms with van der Waals surface area (Å²) >= 11 is 0. The maximum Gasteiger partial charge on any atom is 0.240 e. The van der Waals surface area contributed by atoms with Gasteiger partial charge in [0.1, 0.15) is 0 Å². The standard InChI is InChI=1S/C27H32N4O3S/c1-35(33,34)23-9-7-22(8-10-23)17-31-18-25-24(28-19-29-25)16-26(31)27(32)30-13-11-21(12-14-30)15-20-5-3-2-4-6-20/h2-10,19,21,26H,11-18H2,1H3,(H,28,29)/t26-/m0/s1. The van der Waals surface area contributed by atoms with Gasteiger partial charge in [-0.1, -0.05) is 42.5 Å². The Bertz CT molecular complexity index is 1260. The van der Waals surface area contributed by atoms with Gasteiger partial charge in [-0.05, 0) is 48.4 Å². The molecule has 2 aliphatic heterocycles. The number of nitrogens with one attached hydrogen (secondary N) is 1. The fourth-order valence-electron chi connectivity index (χ4n) is 5.29. The van der Waals surface area contributed by atoms with Crippen LogP contribution < -0.4 is 0 Å². The minimum absolute atomic E-state index is 0.171. The number of H-pyrrole nitrogens is 1. The third kappa shape index (κ3) is 5.49. The molecule has 8 heteroatoms. The van der Waals surface area contributed by atoms with Crippen LogP contribution in [-0.2, 0) is 40.6 Å². The van der Waals surface area contributed by atoms with Gasteiger partial charge in [-0.25, -0.2) is 13.4 Å². The molecule has 0 spiro atoms. The lowest BCUT2D eigenvalue weighted by atomic mass is 9.89. The number of hydrogen-bond donors (Lipinski definition) is 1. The van der Waals surface area contributed by atoms with Crippen LogP contribution in [0, 0.1) is 5.92 Å². The topological polar surface area (TPSA) is 86.4 Å². The van der Waals surface area contributed by atoms with Crippen molar-refractivity contribution < 1.29 is 13.2 Å². The van der Waals surface area contributed by atoms with E-state index in [1.165, 1.54) is 11.8 Å². The fourth-order valence-corrected chi connectivity index (χ4v) is 5.92. The number of fused-ring (bicyclic) bond motifs is 1. The van der Waals surface area contributed by atoms with Gasteiger partial charge >= 0.3 is 0 Å². The van der Waals surface area contributed by atoms with Gasteiger partial charge in [0, 0.05) is 38.9 Å². The van der Waals surface area contributed by atoms with E-state index in [-0.39, 0.29) is 11.9 Å². The van der Waals surface area contributed by atoms with Crippen molar-refractivity contribution in [3.05, 3.63) is 83.4 Å². The Balaban J connectivity index is 1.27. The van der Waals surface area contributed by atoms with Crippen LogP contribution >= 0.6 is 0 Å². The maximum absolute atomic E-state index is 13.7. The summed E-state index contributed by atoms with van der Waals surface area (Å²) in [4.78, 5) is 25.9. The van der Waals surface area contributed by atoms with Crippen molar-refractivity contribution in [2.45, 2.75) is 49.7 Å². The number of aromatic nitrogens is 2. The molecular weight excluding hydrogens is 460 g/mol. The van der Waals surface area contributed by atoms with E-state index in [9.17, 15) is 13.2 Å². The monoisotopic (exact) mass is 492 g/mol. The van der Waals surface area contributed by atoms with E-state index in [1.807, 2.05) is 23.1 Å². The van der Waals surface area contributed by atoms with Crippen molar-refractivity contribution in [3.8, 4) is 0 Å². The van der Waals surface area contributed by atoms with E-state index >= 15 is 0 Å². The number of likely N-dealkylation sites (tertiary alicyclic amines) is 1. The average molecular weight is 493 g/mol. The minimum Gasteiger partial charge on any atom is -0.347 e. The van der Waals surface area contributed by atoms with Crippen LogP contribution in [0.5, 0.6) is 0 Å². The molecule has 0 aliphatic carbocycles. The zero-order valence-electron chi connectivity index (χ0n) is 20.1. The highest BCUT2D eigenvalue weighted by atomic mass is 32.2. The van der Waals surface area contributed by atoms with E-state index in [2.05, 4.69) is 39.1 Å². The smallest absolute Gasteiger partial charge is 0.240 e. The van der Waals surface area contributed by atoms with Crippen molar-refractivity contribution >= 4 is 15.7 Å². The minimum atomic E-state index is -3.24. The molecule has 1 aromatic heterocycles. The second-order valence-electron chi connectivity index (χ2n) is 9.83. The number of nitrogens with zero attached hydrogens (tertiary/aromatic N) is 3. The quantitative estimate of drug-likeness (QED) is 0.571. The van der Waals surface area contributed by atoms with E-state index < -0.39 is 9.84 Å². The Labute approximate surface area is 207 Å². The van der Waals surface area contributed by atoms with Crippen molar-refractivity contribution in [2.24, 2.45) is 5.92 Å². The highest BCUT2D eigenvalue weighted by Crippen LogP contribution is 2.27. The number of carbonyl (C=O) groups excluding carboxylic acids is 1. The molecule has 3 heterocycles. The third-order valence-electron chi connectivity index (χ3n) is 7.31.